The van der Waals surface area contributed by atoms with Crippen molar-refractivity contribution < 1.29 is 0 Å². The summed E-state index contributed by atoms with van der Waals surface area (Å²) < 4.78 is 0. The number of benzene rings is 1. The summed E-state index contributed by atoms with van der Waals surface area (Å²) in [7, 11) is 0. The molecule has 1 fully saturated rings. The second-order valence-corrected chi connectivity index (χ2v) is 6.64. The maximum atomic E-state index is 3.75. The second-order valence-electron chi connectivity index (χ2n) is 5.35. The van der Waals surface area contributed by atoms with Crippen LogP contribution in [0, 0.1) is 0 Å². The molecule has 1 aromatic carbocycles. The number of aryl methyl sites for hydroxylation is 1. The van der Waals surface area contributed by atoms with Gasteiger partial charge in [0.1, 0.15) is 0 Å². The van der Waals surface area contributed by atoms with Crippen LogP contribution in [0.5, 0.6) is 0 Å². The molecule has 1 aromatic rings. The van der Waals surface area contributed by atoms with Crippen LogP contribution in [-0.4, -0.2) is 4.83 Å². The third-order valence-electron chi connectivity index (χ3n) is 3.87. The molecule has 0 radical (unpaired) electrons. The maximum Gasteiger partial charge on any atom is 0.0154 e. The van der Waals surface area contributed by atoms with Crippen LogP contribution in [0.1, 0.15) is 50.7 Å². The summed E-state index contributed by atoms with van der Waals surface area (Å²) in [5, 5.41) is 0. The highest BCUT2D eigenvalue weighted by Crippen LogP contribution is 2.43. The highest BCUT2D eigenvalue weighted by molar-refractivity contribution is 9.09. The Morgan fingerprint density at radius 2 is 2.00 bits per heavy atom. The van der Waals surface area contributed by atoms with Gasteiger partial charge in [0.2, 0.25) is 0 Å². The molecule has 0 amide bonds. The molecule has 16 heavy (non-hydrogen) atoms. The molecule has 0 saturated heterocycles. The van der Waals surface area contributed by atoms with Crippen LogP contribution in [0.25, 0.3) is 0 Å². The zero-order valence-electron chi connectivity index (χ0n) is 10.3. The quantitative estimate of drug-likeness (QED) is 0.695. The summed E-state index contributed by atoms with van der Waals surface area (Å²) in [6.45, 7) is 4.64. The van der Waals surface area contributed by atoms with Crippen LogP contribution in [0.2, 0.25) is 0 Å². The van der Waals surface area contributed by atoms with E-state index in [0.717, 1.165) is 0 Å². The topological polar surface area (TPSA) is 0 Å². The molecule has 1 heteroatoms. The molecule has 2 rings (SSSR count). The molecule has 1 aliphatic carbocycles. The average Bonchev–Trinajstić information content (AvgIpc) is 2.61. The Kier molecular flexibility index (Phi) is 3.73. The van der Waals surface area contributed by atoms with Crippen LogP contribution in [0.4, 0.5) is 0 Å². The molecule has 1 saturated carbocycles. The molecule has 88 valence electrons. The van der Waals surface area contributed by atoms with Crippen molar-refractivity contribution in [2.24, 2.45) is 0 Å². The molecule has 0 aromatic heterocycles. The Hall–Kier alpha value is -0.300. The van der Waals surface area contributed by atoms with Crippen molar-refractivity contribution in [1.82, 2.24) is 0 Å². The van der Waals surface area contributed by atoms with Gasteiger partial charge in [0.15, 0.2) is 0 Å². The summed E-state index contributed by atoms with van der Waals surface area (Å²) in [5.74, 6) is 0. The third kappa shape index (κ3) is 2.51. The fraction of sp³-hybridized carbons (Fsp3) is 0.600. The number of alkyl halides is 1. The Morgan fingerprint density at radius 1 is 1.31 bits per heavy atom. The van der Waals surface area contributed by atoms with Crippen LogP contribution in [-0.2, 0) is 11.8 Å². The summed E-state index contributed by atoms with van der Waals surface area (Å²) in [5.41, 5.74) is 3.40. The van der Waals surface area contributed by atoms with Gasteiger partial charge in [-0.25, -0.2) is 0 Å². The van der Waals surface area contributed by atoms with E-state index in [-0.39, 0.29) is 0 Å². The molecule has 0 aliphatic heterocycles. The van der Waals surface area contributed by atoms with Crippen LogP contribution in [0.3, 0.4) is 0 Å². The Bertz CT molecular complexity index is 341. The first-order valence-electron chi connectivity index (χ1n) is 6.37. The fourth-order valence-electron chi connectivity index (χ4n) is 2.79. The standard InChI is InChI=1S/C15H21Br/c1-3-4-12-5-7-13(8-6-12)15(2)10-9-14(16)11-15/h5-8,14H,3-4,9-11H2,1-2H3. The minimum atomic E-state index is 0.402. The van der Waals surface area contributed by atoms with Gasteiger partial charge in [0, 0.05) is 4.83 Å². The summed E-state index contributed by atoms with van der Waals surface area (Å²) in [6, 6.07) is 9.31. The van der Waals surface area contributed by atoms with E-state index in [1.807, 2.05) is 0 Å². The fourth-order valence-corrected chi connectivity index (χ4v) is 3.74. The summed E-state index contributed by atoms with van der Waals surface area (Å²) in [6.07, 6.45) is 6.35. The minimum Gasteiger partial charge on any atom is -0.0890 e. The van der Waals surface area contributed by atoms with Crippen LogP contribution < -0.4 is 0 Å². The number of halogens is 1. The van der Waals surface area contributed by atoms with E-state index in [9.17, 15) is 0 Å². The number of hydrogen-bond acceptors (Lipinski definition) is 0. The van der Waals surface area contributed by atoms with E-state index in [0.29, 0.717) is 10.2 Å². The van der Waals surface area contributed by atoms with Gasteiger partial charge in [0.05, 0.1) is 0 Å². The van der Waals surface area contributed by atoms with E-state index < -0.39 is 0 Å². The van der Waals surface area contributed by atoms with Gasteiger partial charge in [-0.2, -0.15) is 0 Å². The zero-order valence-corrected chi connectivity index (χ0v) is 11.9. The monoisotopic (exact) mass is 280 g/mol. The van der Waals surface area contributed by atoms with Gasteiger partial charge in [-0.3, -0.25) is 0 Å². The lowest BCUT2D eigenvalue weighted by Gasteiger charge is -2.24. The molecule has 2 unspecified atom stereocenters. The molecular formula is C15H21Br. The summed E-state index contributed by atoms with van der Waals surface area (Å²) in [4.78, 5) is 0.716. The Balaban J connectivity index is 2.15. The van der Waals surface area contributed by atoms with Crippen molar-refractivity contribution in [2.45, 2.75) is 56.2 Å². The van der Waals surface area contributed by atoms with Crippen molar-refractivity contribution >= 4 is 15.9 Å². The Labute approximate surface area is 108 Å². The van der Waals surface area contributed by atoms with Gasteiger partial charge < -0.3 is 0 Å². The lowest BCUT2D eigenvalue weighted by Crippen LogP contribution is -2.17. The molecule has 0 nitrogen and oxygen atoms in total. The smallest absolute Gasteiger partial charge is 0.0154 e. The van der Waals surface area contributed by atoms with Crippen molar-refractivity contribution in [3.63, 3.8) is 0 Å². The lowest BCUT2D eigenvalue weighted by molar-refractivity contribution is 0.493. The zero-order chi connectivity index (χ0) is 11.6. The van der Waals surface area contributed by atoms with E-state index in [2.05, 4.69) is 54.0 Å². The highest BCUT2D eigenvalue weighted by atomic mass is 79.9. The van der Waals surface area contributed by atoms with Crippen molar-refractivity contribution in [3.8, 4) is 0 Å². The third-order valence-corrected chi connectivity index (χ3v) is 4.65. The van der Waals surface area contributed by atoms with Crippen LogP contribution >= 0.6 is 15.9 Å². The lowest BCUT2D eigenvalue weighted by atomic mass is 9.81. The molecule has 0 bridgehead atoms. The molecule has 0 spiro atoms. The molecule has 2 atom stereocenters. The summed E-state index contributed by atoms with van der Waals surface area (Å²) >= 11 is 3.75. The van der Waals surface area contributed by atoms with Gasteiger partial charge >= 0.3 is 0 Å². The number of hydrogen-bond donors (Lipinski definition) is 0. The highest BCUT2D eigenvalue weighted by Gasteiger charge is 2.35. The van der Waals surface area contributed by atoms with Crippen molar-refractivity contribution in [2.75, 3.05) is 0 Å². The van der Waals surface area contributed by atoms with E-state index in [1.54, 1.807) is 0 Å². The predicted molar refractivity (Wildman–Crippen MR) is 74.4 cm³/mol. The van der Waals surface area contributed by atoms with Gasteiger partial charge in [0.25, 0.3) is 0 Å². The second kappa shape index (κ2) is 4.91. The maximum absolute atomic E-state index is 3.75. The normalized spacial score (nSPS) is 29.6. The first kappa shape index (κ1) is 12.2. The van der Waals surface area contributed by atoms with Gasteiger partial charge in [-0.15, -0.1) is 0 Å². The Morgan fingerprint density at radius 3 is 2.50 bits per heavy atom. The molecular weight excluding hydrogens is 260 g/mol. The van der Waals surface area contributed by atoms with Gasteiger partial charge in [-0.1, -0.05) is 60.5 Å². The largest absolute Gasteiger partial charge is 0.0890 e. The van der Waals surface area contributed by atoms with E-state index >= 15 is 0 Å². The van der Waals surface area contributed by atoms with Gasteiger partial charge in [-0.05, 0) is 42.2 Å². The van der Waals surface area contributed by atoms with E-state index in [1.165, 1.54) is 43.2 Å². The van der Waals surface area contributed by atoms with Crippen molar-refractivity contribution in [1.29, 1.82) is 0 Å². The van der Waals surface area contributed by atoms with E-state index in [4.69, 9.17) is 0 Å². The molecule has 0 N–H and O–H groups in total. The first-order chi connectivity index (χ1) is 7.64. The van der Waals surface area contributed by atoms with Crippen molar-refractivity contribution in [3.05, 3.63) is 35.4 Å². The predicted octanol–water partition coefficient (Wildman–Crippen LogP) is 4.84. The number of rotatable bonds is 3. The molecule has 0 heterocycles. The minimum absolute atomic E-state index is 0.402. The molecule has 1 aliphatic rings. The van der Waals surface area contributed by atoms with Crippen LogP contribution in [0.15, 0.2) is 24.3 Å². The average molecular weight is 281 g/mol. The first-order valence-corrected chi connectivity index (χ1v) is 7.29. The SMILES string of the molecule is CCCc1ccc(C2(C)CCC(Br)C2)cc1.